The highest BCUT2D eigenvalue weighted by atomic mass is 32.2. The van der Waals surface area contributed by atoms with Gasteiger partial charge >= 0.3 is 0 Å². The molecule has 23 heavy (non-hydrogen) atoms. The van der Waals surface area contributed by atoms with E-state index in [1.54, 1.807) is 30.3 Å². The van der Waals surface area contributed by atoms with Crippen molar-refractivity contribution in [2.75, 3.05) is 0 Å². The van der Waals surface area contributed by atoms with Crippen molar-refractivity contribution >= 4 is 27.7 Å². The summed E-state index contributed by atoms with van der Waals surface area (Å²) in [6.07, 6.45) is 2.48. The van der Waals surface area contributed by atoms with Crippen molar-refractivity contribution in [1.29, 1.82) is 0 Å². The van der Waals surface area contributed by atoms with Crippen LogP contribution in [0.25, 0.3) is 16.5 Å². The molecule has 0 aromatic heterocycles. The van der Waals surface area contributed by atoms with Crippen LogP contribution in [0.3, 0.4) is 0 Å². The predicted octanol–water partition coefficient (Wildman–Crippen LogP) is 3.77. The minimum atomic E-state index is -4.53. The molecule has 116 valence electrons. The zero-order valence-corrected chi connectivity index (χ0v) is 12.5. The van der Waals surface area contributed by atoms with Crippen molar-refractivity contribution in [2.24, 2.45) is 5.11 Å². The van der Waals surface area contributed by atoms with Crippen LogP contribution in [0.15, 0.2) is 64.6 Å². The molecule has 2 aromatic carbocycles. The van der Waals surface area contributed by atoms with Gasteiger partial charge in [0.25, 0.3) is 10.1 Å². The molecule has 0 saturated heterocycles. The Morgan fingerprint density at radius 2 is 1.87 bits per heavy atom. The fraction of sp³-hybridized carbons (Fsp3) is 0. The van der Waals surface area contributed by atoms with Gasteiger partial charge in [-0.1, -0.05) is 47.6 Å². The van der Waals surface area contributed by atoms with Gasteiger partial charge in [-0.05, 0) is 29.3 Å². The number of carbonyl (C=O) groups excluding carboxylic acids is 1. The molecular weight excluding hydrogens is 318 g/mol. The first-order valence-electron chi connectivity index (χ1n) is 6.36. The molecule has 0 spiro atoms. The van der Waals surface area contributed by atoms with Crippen LogP contribution in [-0.2, 0) is 10.1 Å². The first-order chi connectivity index (χ1) is 10.9. The second kappa shape index (κ2) is 6.89. The van der Waals surface area contributed by atoms with Gasteiger partial charge < -0.3 is 0 Å². The van der Waals surface area contributed by atoms with E-state index in [0.717, 1.165) is 6.07 Å². The number of hydrogen-bond donors (Lipinski definition) is 1. The molecule has 1 N–H and O–H groups in total. The maximum atomic E-state index is 12.0. The van der Waals surface area contributed by atoms with Gasteiger partial charge in [0.2, 0.25) is 0 Å². The van der Waals surface area contributed by atoms with Gasteiger partial charge in [-0.2, -0.15) is 8.42 Å². The third kappa shape index (κ3) is 4.27. The lowest BCUT2D eigenvalue weighted by molar-refractivity contribution is 0.104. The van der Waals surface area contributed by atoms with Crippen LogP contribution in [0.5, 0.6) is 0 Å². The van der Waals surface area contributed by atoms with Gasteiger partial charge in [0.05, 0.1) is 0 Å². The zero-order chi connectivity index (χ0) is 16.9. The Bertz CT molecular complexity index is 915. The van der Waals surface area contributed by atoms with Crippen LogP contribution in [0.1, 0.15) is 15.9 Å². The van der Waals surface area contributed by atoms with Gasteiger partial charge in [0, 0.05) is 16.2 Å². The molecule has 0 aliphatic carbocycles. The Balaban J connectivity index is 2.41. The summed E-state index contributed by atoms with van der Waals surface area (Å²) < 4.78 is 32.1. The minimum Gasteiger partial charge on any atom is -0.289 e. The van der Waals surface area contributed by atoms with E-state index in [0.29, 0.717) is 5.56 Å². The monoisotopic (exact) mass is 329 g/mol. The van der Waals surface area contributed by atoms with Crippen molar-refractivity contribution in [1.82, 2.24) is 0 Å². The Labute approximate surface area is 132 Å². The number of nitrogens with zero attached hydrogens (tertiary/aromatic N) is 3. The van der Waals surface area contributed by atoms with E-state index in [2.05, 4.69) is 10.0 Å². The highest BCUT2D eigenvalue weighted by molar-refractivity contribution is 7.86. The maximum Gasteiger partial charge on any atom is 0.295 e. The molecule has 2 aromatic rings. The van der Waals surface area contributed by atoms with E-state index >= 15 is 0 Å². The van der Waals surface area contributed by atoms with Gasteiger partial charge in [-0.15, -0.1) is 0 Å². The smallest absolute Gasteiger partial charge is 0.289 e. The summed E-state index contributed by atoms with van der Waals surface area (Å²) in [5.41, 5.74) is 8.96. The van der Waals surface area contributed by atoms with Crippen molar-refractivity contribution in [3.8, 4) is 0 Å². The number of azide groups is 1. The highest BCUT2D eigenvalue weighted by Gasteiger charge is 2.15. The average molecular weight is 329 g/mol. The summed E-state index contributed by atoms with van der Waals surface area (Å²) >= 11 is 0. The second-order valence-corrected chi connectivity index (χ2v) is 5.84. The van der Waals surface area contributed by atoms with Crippen LogP contribution in [0.4, 0.5) is 5.69 Å². The standard InChI is InChI=1S/C15H11N3O4S/c16-18-17-13-8-6-12(15(10-13)23(20,21)22)7-9-14(19)11-4-2-1-3-5-11/h1-10H,(H,20,21,22). The number of carbonyl (C=O) groups is 1. The molecule has 8 heteroatoms. The molecule has 0 fully saturated rings. The van der Waals surface area contributed by atoms with Crippen LogP contribution in [0.2, 0.25) is 0 Å². The van der Waals surface area contributed by atoms with Crippen molar-refractivity contribution < 1.29 is 17.8 Å². The normalized spacial score (nSPS) is 11.2. The van der Waals surface area contributed by atoms with Crippen LogP contribution in [0, 0.1) is 0 Å². The van der Waals surface area contributed by atoms with Crippen molar-refractivity contribution in [3.63, 3.8) is 0 Å². The molecule has 0 radical (unpaired) electrons. The average Bonchev–Trinajstić information content (AvgIpc) is 2.53. The Hall–Kier alpha value is -2.93. The van der Waals surface area contributed by atoms with E-state index in [4.69, 9.17) is 5.53 Å². The van der Waals surface area contributed by atoms with E-state index < -0.39 is 15.0 Å². The van der Waals surface area contributed by atoms with Gasteiger partial charge in [-0.3, -0.25) is 9.35 Å². The van der Waals surface area contributed by atoms with Gasteiger partial charge in [0.1, 0.15) is 4.90 Å². The first kappa shape index (κ1) is 16.4. The third-order valence-electron chi connectivity index (χ3n) is 2.91. The molecule has 0 heterocycles. The van der Waals surface area contributed by atoms with E-state index in [1.165, 1.54) is 24.3 Å². The van der Waals surface area contributed by atoms with Crippen LogP contribution >= 0.6 is 0 Å². The molecular formula is C15H11N3O4S. The third-order valence-corrected chi connectivity index (χ3v) is 3.82. The molecule has 0 amide bonds. The lowest BCUT2D eigenvalue weighted by Crippen LogP contribution is -2.01. The minimum absolute atomic E-state index is 0.0339. The number of allylic oxidation sites excluding steroid dienone is 1. The van der Waals surface area contributed by atoms with Crippen LogP contribution in [-0.4, -0.2) is 18.8 Å². The summed E-state index contributed by atoms with van der Waals surface area (Å²) in [7, 11) is -4.53. The quantitative estimate of drug-likeness (QED) is 0.224. The van der Waals surface area contributed by atoms with Crippen molar-refractivity contribution in [3.05, 3.63) is 76.2 Å². The first-order valence-corrected chi connectivity index (χ1v) is 7.80. The van der Waals surface area contributed by atoms with Gasteiger partial charge in [0.15, 0.2) is 5.78 Å². The molecule has 0 atom stereocenters. The fourth-order valence-electron chi connectivity index (χ4n) is 1.86. The molecule has 0 unspecified atom stereocenters. The van der Waals surface area contributed by atoms with Crippen LogP contribution < -0.4 is 0 Å². The molecule has 7 nitrogen and oxygen atoms in total. The SMILES string of the molecule is [N-]=[N+]=Nc1ccc(C=CC(=O)c2ccccc2)c(S(=O)(=O)O)c1. The molecule has 0 aliphatic rings. The lowest BCUT2D eigenvalue weighted by Gasteiger charge is -2.04. The fourth-order valence-corrected chi connectivity index (χ4v) is 2.57. The zero-order valence-electron chi connectivity index (χ0n) is 11.7. The van der Waals surface area contributed by atoms with Crippen molar-refractivity contribution in [2.45, 2.75) is 4.90 Å². The molecule has 2 rings (SSSR count). The highest BCUT2D eigenvalue weighted by Crippen LogP contribution is 2.24. The second-order valence-electron chi connectivity index (χ2n) is 4.45. The Morgan fingerprint density at radius 3 is 2.48 bits per heavy atom. The van der Waals surface area contributed by atoms with E-state index in [9.17, 15) is 17.8 Å². The predicted molar refractivity (Wildman–Crippen MR) is 84.9 cm³/mol. The summed E-state index contributed by atoms with van der Waals surface area (Å²) in [5.74, 6) is -0.314. The molecule has 0 aliphatic heterocycles. The number of ketones is 1. The summed E-state index contributed by atoms with van der Waals surface area (Å²) in [4.78, 5) is 14.1. The summed E-state index contributed by atoms with van der Waals surface area (Å²) in [6.45, 7) is 0. The largest absolute Gasteiger partial charge is 0.295 e. The summed E-state index contributed by atoms with van der Waals surface area (Å²) in [5, 5.41) is 3.28. The number of rotatable bonds is 5. The number of benzene rings is 2. The van der Waals surface area contributed by atoms with Gasteiger partial charge in [-0.25, -0.2) is 0 Å². The Morgan fingerprint density at radius 1 is 1.17 bits per heavy atom. The van der Waals surface area contributed by atoms with E-state index in [-0.39, 0.29) is 17.0 Å². The number of hydrogen-bond acceptors (Lipinski definition) is 4. The Kier molecular flexibility index (Phi) is 4.92. The van der Waals surface area contributed by atoms with E-state index in [1.807, 2.05) is 0 Å². The summed E-state index contributed by atoms with van der Waals surface area (Å²) in [6, 6.07) is 12.2. The lowest BCUT2D eigenvalue weighted by atomic mass is 10.1. The maximum absolute atomic E-state index is 12.0. The topological polar surface area (TPSA) is 120 Å². The molecule has 0 bridgehead atoms. The molecule has 0 saturated carbocycles.